The van der Waals surface area contributed by atoms with E-state index in [4.69, 9.17) is 14.2 Å². The quantitative estimate of drug-likeness (QED) is 0.277. The molecular formula is C30H44O10. The molecule has 224 valence electrons. The summed E-state index contributed by atoms with van der Waals surface area (Å²) in [5.74, 6) is -0.458. The predicted molar refractivity (Wildman–Crippen MR) is 149 cm³/mol. The number of rotatable bonds is 3. The normalized spacial score (nSPS) is 40.6. The number of aliphatic hydroxyl groups excluding tert-OH is 6. The molecule has 0 aromatic carbocycles. The summed E-state index contributed by atoms with van der Waals surface area (Å²) in [5.41, 5.74) is 0. The first-order chi connectivity index (χ1) is 19.2. The van der Waals surface area contributed by atoms with Crippen molar-refractivity contribution >= 4 is 5.97 Å². The van der Waals surface area contributed by atoms with Crippen LogP contribution >= 0.6 is 0 Å². The van der Waals surface area contributed by atoms with Crippen LogP contribution in [0.1, 0.15) is 45.4 Å². The summed E-state index contributed by atoms with van der Waals surface area (Å²) in [6.07, 6.45) is 13.9. The first-order valence-corrected chi connectivity index (χ1v) is 13.7. The first-order valence-electron chi connectivity index (χ1n) is 13.7. The lowest BCUT2D eigenvalue weighted by Gasteiger charge is -2.40. The number of ether oxygens (including phenoxy) is 3. The van der Waals surface area contributed by atoms with Crippen molar-refractivity contribution in [2.45, 2.75) is 101 Å². The van der Waals surface area contributed by atoms with E-state index in [0.29, 0.717) is 19.3 Å². The fraction of sp³-hybridized carbons (Fsp3) is 0.567. The fourth-order valence-corrected chi connectivity index (χ4v) is 4.10. The molecule has 9 atom stereocenters. The molecule has 10 heteroatoms. The van der Waals surface area contributed by atoms with Crippen LogP contribution in [0.4, 0.5) is 0 Å². The zero-order valence-corrected chi connectivity index (χ0v) is 22.9. The van der Waals surface area contributed by atoms with Crippen molar-refractivity contribution in [2.24, 2.45) is 0 Å². The fourth-order valence-electron chi connectivity index (χ4n) is 4.10. The second-order valence-electron chi connectivity index (χ2n) is 9.89. The Kier molecular flexibility index (Phi) is 15.9. The van der Waals surface area contributed by atoms with Crippen LogP contribution in [0.2, 0.25) is 0 Å². The molecule has 1 saturated heterocycles. The van der Waals surface area contributed by atoms with Crippen LogP contribution in [-0.4, -0.2) is 98.3 Å². The zero-order chi connectivity index (χ0) is 29.3. The van der Waals surface area contributed by atoms with Gasteiger partial charge >= 0.3 is 5.97 Å². The zero-order valence-electron chi connectivity index (χ0n) is 22.9. The molecule has 2 aliphatic heterocycles. The topological polar surface area (TPSA) is 166 Å². The second-order valence-corrected chi connectivity index (χ2v) is 9.89. The standard InChI is InChI=1S/C30H44O10/c1-21-13-7-3-2-4-8-14-22(32)19-23(33)15-9-5-10-16-24(17-11-6-12-18-26(34)38-21)39-30-29(37)28(36)27(35)25(20-31)40-30/h2,4-6,8-12,14,16,18,21-25,27-33,35-37H,3,7,13,15,17,19-20H2,1H3/b4-2-,9-5-,11-6+,14-8+,16-10+,18-12-/t21-,22+,23+,24-,25+,27+,28-,29+,30+/m1/s1. The number of allylic oxidation sites excluding steroid dienone is 7. The summed E-state index contributed by atoms with van der Waals surface area (Å²) < 4.78 is 16.7. The van der Waals surface area contributed by atoms with Crippen LogP contribution in [0.5, 0.6) is 0 Å². The molecule has 0 amide bonds. The van der Waals surface area contributed by atoms with Gasteiger partial charge in [0.2, 0.25) is 0 Å². The average molecular weight is 565 g/mol. The minimum atomic E-state index is -1.57. The monoisotopic (exact) mass is 564 g/mol. The Balaban J connectivity index is 2.12. The van der Waals surface area contributed by atoms with Crippen molar-refractivity contribution in [2.75, 3.05) is 6.61 Å². The molecule has 0 bridgehead atoms. The largest absolute Gasteiger partial charge is 0.460 e. The van der Waals surface area contributed by atoms with Gasteiger partial charge < -0.3 is 44.8 Å². The molecule has 0 radical (unpaired) electrons. The Morgan fingerprint density at radius 3 is 2.35 bits per heavy atom. The van der Waals surface area contributed by atoms with E-state index in [-0.39, 0.29) is 12.5 Å². The van der Waals surface area contributed by atoms with Gasteiger partial charge in [0.25, 0.3) is 0 Å². The molecule has 0 saturated carbocycles. The number of hydrogen-bond acceptors (Lipinski definition) is 10. The maximum absolute atomic E-state index is 12.1. The van der Waals surface area contributed by atoms with Crippen LogP contribution in [0.25, 0.3) is 0 Å². The number of carbonyl (C=O) groups excluding carboxylic acids is 1. The van der Waals surface area contributed by atoms with Gasteiger partial charge in [0.15, 0.2) is 6.29 Å². The van der Waals surface area contributed by atoms with Gasteiger partial charge in [-0.3, -0.25) is 0 Å². The van der Waals surface area contributed by atoms with Crippen LogP contribution in [0, 0.1) is 0 Å². The lowest BCUT2D eigenvalue weighted by Crippen LogP contribution is -2.59. The summed E-state index contributed by atoms with van der Waals surface area (Å²) >= 11 is 0. The Hall–Kier alpha value is -2.41. The van der Waals surface area contributed by atoms with Gasteiger partial charge in [-0.15, -0.1) is 0 Å². The second kappa shape index (κ2) is 18.8. The predicted octanol–water partition coefficient (Wildman–Crippen LogP) is 1.52. The van der Waals surface area contributed by atoms with E-state index in [1.165, 1.54) is 6.08 Å². The van der Waals surface area contributed by atoms with Crippen molar-refractivity contribution in [1.82, 2.24) is 0 Å². The maximum Gasteiger partial charge on any atom is 0.331 e. The molecule has 1 fully saturated rings. The molecule has 0 aromatic heterocycles. The summed E-state index contributed by atoms with van der Waals surface area (Å²) in [5, 5.41) is 60.2. The minimum Gasteiger partial charge on any atom is -0.460 e. The number of hydrogen-bond donors (Lipinski definition) is 6. The van der Waals surface area contributed by atoms with E-state index in [0.717, 1.165) is 12.8 Å². The van der Waals surface area contributed by atoms with E-state index in [9.17, 15) is 35.4 Å². The highest BCUT2D eigenvalue weighted by Crippen LogP contribution is 2.24. The van der Waals surface area contributed by atoms with E-state index in [1.54, 1.807) is 54.7 Å². The molecule has 0 unspecified atom stereocenters. The lowest BCUT2D eigenvalue weighted by molar-refractivity contribution is -0.307. The van der Waals surface area contributed by atoms with Crippen LogP contribution < -0.4 is 0 Å². The van der Waals surface area contributed by atoms with Crippen molar-refractivity contribution < 1.29 is 49.6 Å². The van der Waals surface area contributed by atoms with E-state index >= 15 is 0 Å². The highest BCUT2D eigenvalue weighted by atomic mass is 16.7. The molecular weight excluding hydrogens is 520 g/mol. The lowest BCUT2D eigenvalue weighted by atomic mass is 9.99. The van der Waals surface area contributed by atoms with Gasteiger partial charge in [0.1, 0.15) is 24.4 Å². The van der Waals surface area contributed by atoms with E-state index in [1.807, 2.05) is 19.1 Å². The van der Waals surface area contributed by atoms with E-state index < -0.39 is 61.6 Å². The number of aliphatic hydroxyl groups is 6. The van der Waals surface area contributed by atoms with Gasteiger partial charge in [-0.25, -0.2) is 4.79 Å². The van der Waals surface area contributed by atoms with Crippen LogP contribution in [0.3, 0.4) is 0 Å². The Morgan fingerprint density at radius 1 is 0.875 bits per heavy atom. The molecule has 0 aromatic rings. The maximum atomic E-state index is 12.1. The molecule has 40 heavy (non-hydrogen) atoms. The third-order valence-electron chi connectivity index (χ3n) is 6.38. The first kappa shape index (κ1) is 33.8. The third kappa shape index (κ3) is 12.8. The summed E-state index contributed by atoms with van der Waals surface area (Å²) in [7, 11) is 0. The molecule has 0 spiro atoms. The number of cyclic esters (lactones) is 1. The van der Waals surface area contributed by atoms with Gasteiger partial charge in [0.05, 0.1) is 31.0 Å². The smallest absolute Gasteiger partial charge is 0.331 e. The van der Waals surface area contributed by atoms with Gasteiger partial charge in [-0.1, -0.05) is 66.8 Å². The SMILES string of the molecule is C[C@@H]1CCC/C=C\C=C\[C@H](O)C[C@@H](O)C/C=C\C=C\[C@@H](O[C@H]2O[C@@H](CO)[C@H](O)[C@@H](O)[C@@H]2O)C/C=C/C=C\C(=O)O1. The molecule has 2 aliphatic rings. The number of carbonyl (C=O) groups is 1. The summed E-state index contributed by atoms with van der Waals surface area (Å²) in [6.45, 7) is 1.26. The van der Waals surface area contributed by atoms with Crippen molar-refractivity contribution in [3.05, 3.63) is 72.9 Å². The third-order valence-corrected chi connectivity index (χ3v) is 6.38. The molecule has 10 nitrogen and oxygen atoms in total. The highest BCUT2D eigenvalue weighted by molar-refractivity contribution is 5.82. The van der Waals surface area contributed by atoms with Crippen molar-refractivity contribution in [1.29, 1.82) is 0 Å². The average Bonchev–Trinajstić information content (AvgIpc) is 2.91. The highest BCUT2D eigenvalue weighted by Gasteiger charge is 2.44. The Labute approximate surface area is 235 Å². The summed E-state index contributed by atoms with van der Waals surface area (Å²) in [6, 6.07) is 0. The molecule has 0 aliphatic carbocycles. The molecule has 2 heterocycles. The minimum absolute atomic E-state index is 0.183. The molecule has 2 rings (SSSR count). The Bertz CT molecular complexity index is 906. The van der Waals surface area contributed by atoms with Crippen molar-refractivity contribution in [3.8, 4) is 0 Å². The van der Waals surface area contributed by atoms with Gasteiger partial charge in [-0.05, 0) is 39.0 Å². The van der Waals surface area contributed by atoms with Gasteiger partial charge in [0, 0.05) is 12.5 Å². The number of esters is 1. The summed E-state index contributed by atoms with van der Waals surface area (Å²) in [4.78, 5) is 12.1. The van der Waals surface area contributed by atoms with Crippen LogP contribution in [-0.2, 0) is 19.0 Å². The van der Waals surface area contributed by atoms with Crippen LogP contribution in [0.15, 0.2) is 72.9 Å². The molecule has 6 N–H and O–H groups in total. The van der Waals surface area contributed by atoms with Gasteiger partial charge in [-0.2, -0.15) is 0 Å². The van der Waals surface area contributed by atoms with Crippen molar-refractivity contribution in [3.63, 3.8) is 0 Å². The Morgan fingerprint density at radius 2 is 1.57 bits per heavy atom. The van der Waals surface area contributed by atoms with E-state index in [2.05, 4.69) is 0 Å².